The number of para-hydroxylation sites is 1. The first-order valence-electron chi connectivity index (χ1n) is 8.84. The van der Waals surface area contributed by atoms with E-state index in [1.165, 1.54) is 30.2 Å². The van der Waals surface area contributed by atoms with E-state index in [9.17, 15) is 0 Å². The monoisotopic (exact) mass is 350 g/mol. The van der Waals surface area contributed by atoms with Gasteiger partial charge in [-0.2, -0.15) is 0 Å². The zero-order valence-electron chi connectivity index (χ0n) is 14.2. The second kappa shape index (κ2) is 7.87. The maximum Gasteiger partial charge on any atom is 0.134 e. The Morgan fingerprint density at radius 3 is 2.92 bits per heavy atom. The summed E-state index contributed by atoms with van der Waals surface area (Å²) in [5.74, 6) is 1.74. The lowest BCUT2D eigenvalue weighted by Gasteiger charge is -2.32. The predicted molar refractivity (Wildman–Crippen MR) is 98.8 cm³/mol. The highest BCUT2D eigenvalue weighted by molar-refractivity contribution is 5.85. The van der Waals surface area contributed by atoms with Crippen LogP contribution in [-0.2, 0) is 11.3 Å². The molecule has 5 heteroatoms. The van der Waals surface area contributed by atoms with Crippen LogP contribution in [0.15, 0.2) is 28.7 Å². The van der Waals surface area contributed by atoms with Crippen LogP contribution in [0.1, 0.15) is 30.6 Å². The molecular weight excluding hydrogens is 324 g/mol. The van der Waals surface area contributed by atoms with Crippen LogP contribution in [0.2, 0.25) is 0 Å². The molecule has 24 heavy (non-hydrogen) atoms. The van der Waals surface area contributed by atoms with Gasteiger partial charge in [0.05, 0.1) is 19.8 Å². The second-order valence-electron chi connectivity index (χ2n) is 6.86. The Balaban J connectivity index is 0.00000169. The van der Waals surface area contributed by atoms with Gasteiger partial charge in [-0.1, -0.05) is 24.6 Å². The molecule has 3 atom stereocenters. The van der Waals surface area contributed by atoms with Crippen molar-refractivity contribution in [2.45, 2.75) is 44.8 Å². The molecule has 132 valence electrons. The molecule has 1 saturated heterocycles. The number of fused-ring (bicyclic) bond motifs is 1. The lowest BCUT2D eigenvalue weighted by molar-refractivity contribution is 0.0523. The molecule has 1 saturated carbocycles. The summed E-state index contributed by atoms with van der Waals surface area (Å²) in [7, 11) is 0. The van der Waals surface area contributed by atoms with Gasteiger partial charge < -0.3 is 19.8 Å². The number of morpholine rings is 1. The van der Waals surface area contributed by atoms with Crippen LogP contribution in [0.25, 0.3) is 11.0 Å². The Morgan fingerprint density at radius 2 is 2.12 bits per heavy atom. The number of halogens is 1. The molecule has 4 nitrogen and oxygen atoms in total. The first-order chi connectivity index (χ1) is 11.3. The summed E-state index contributed by atoms with van der Waals surface area (Å²) in [5, 5.41) is 8.62. The fourth-order valence-corrected chi connectivity index (χ4v) is 4.20. The maximum absolute atomic E-state index is 6.04. The van der Waals surface area contributed by atoms with Gasteiger partial charge in [-0.15, -0.1) is 12.4 Å². The van der Waals surface area contributed by atoms with E-state index in [0.29, 0.717) is 18.0 Å². The van der Waals surface area contributed by atoms with Gasteiger partial charge in [0.1, 0.15) is 11.3 Å². The summed E-state index contributed by atoms with van der Waals surface area (Å²) in [5.41, 5.74) is 2.26. The zero-order valence-corrected chi connectivity index (χ0v) is 15.0. The first-order valence-corrected chi connectivity index (χ1v) is 8.84. The van der Waals surface area contributed by atoms with Crippen molar-refractivity contribution in [2.75, 3.05) is 19.8 Å². The number of hydrogen-bond acceptors (Lipinski definition) is 4. The second-order valence-corrected chi connectivity index (χ2v) is 6.86. The van der Waals surface area contributed by atoms with Crippen molar-refractivity contribution in [3.8, 4) is 0 Å². The van der Waals surface area contributed by atoms with Gasteiger partial charge in [0, 0.05) is 24.0 Å². The van der Waals surface area contributed by atoms with E-state index in [4.69, 9.17) is 9.15 Å². The Kier molecular flexibility index (Phi) is 5.82. The molecule has 1 aliphatic heterocycles. The van der Waals surface area contributed by atoms with Crippen LogP contribution in [0, 0.1) is 12.8 Å². The third-order valence-corrected chi connectivity index (χ3v) is 5.50. The molecule has 4 rings (SSSR count). The van der Waals surface area contributed by atoms with Crippen molar-refractivity contribution < 1.29 is 9.15 Å². The Bertz CT molecular complexity index is 666. The number of furan rings is 1. The lowest BCUT2D eigenvalue weighted by Crippen LogP contribution is -2.50. The molecule has 1 aliphatic carbocycles. The minimum absolute atomic E-state index is 0. The van der Waals surface area contributed by atoms with E-state index in [1.54, 1.807) is 0 Å². The van der Waals surface area contributed by atoms with Gasteiger partial charge in [-0.25, -0.2) is 0 Å². The number of benzene rings is 1. The minimum Gasteiger partial charge on any atom is -0.459 e. The largest absolute Gasteiger partial charge is 0.459 e. The molecule has 2 fully saturated rings. The van der Waals surface area contributed by atoms with Crippen molar-refractivity contribution in [3.63, 3.8) is 0 Å². The van der Waals surface area contributed by atoms with E-state index < -0.39 is 0 Å². The molecule has 0 spiro atoms. The van der Waals surface area contributed by atoms with Gasteiger partial charge in [-0.05, 0) is 37.3 Å². The van der Waals surface area contributed by atoms with E-state index in [1.807, 2.05) is 12.1 Å². The van der Waals surface area contributed by atoms with Crippen molar-refractivity contribution in [2.24, 2.45) is 5.92 Å². The molecule has 0 amide bonds. The van der Waals surface area contributed by atoms with E-state index in [2.05, 4.69) is 29.7 Å². The number of rotatable bonds is 4. The van der Waals surface area contributed by atoms with Gasteiger partial charge in [0.25, 0.3) is 0 Å². The number of hydrogen-bond donors (Lipinski definition) is 2. The number of nitrogens with one attached hydrogen (secondary N) is 2. The SMILES string of the molecule is Cc1c(CNC2CCCC2C2COCCN2)oc2ccccc12.Cl. The van der Waals surface area contributed by atoms with E-state index >= 15 is 0 Å². The fraction of sp³-hybridized carbons (Fsp3) is 0.579. The van der Waals surface area contributed by atoms with Crippen LogP contribution in [0.3, 0.4) is 0 Å². The third kappa shape index (κ3) is 3.47. The average molecular weight is 351 g/mol. The molecule has 1 aromatic carbocycles. The summed E-state index contributed by atoms with van der Waals surface area (Å²) in [6.45, 7) is 5.66. The van der Waals surface area contributed by atoms with Crippen LogP contribution in [0.5, 0.6) is 0 Å². The van der Waals surface area contributed by atoms with Crippen LogP contribution >= 0.6 is 12.4 Å². The quantitative estimate of drug-likeness (QED) is 0.887. The van der Waals surface area contributed by atoms with Gasteiger partial charge >= 0.3 is 0 Å². The molecule has 2 N–H and O–H groups in total. The standard InChI is InChI=1S/C19H26N2O2.ClH/c1-13-14-5-2-3-8-18(14)23-19(13)11-21-16-7-4-6-15(16)17-12-22-10-9-20-17;/h2-3,5,8,15-17,20-21H,4,6-7,9-12H2,1H3;1H. The van der Waals surface area contributed by atoms with Crippen LogP contribution in [0.4, 0.5) is 0 Å². The topological polar surface area (TPSA) is 46.4 Å². The Hall–Kier alpha value is -1.07. The fourth-order valence-electron chi connectivity index (χ4n) is 4.20. The number of aryl methyl sites for hydroxylation is 1. The van der Waals surface area contributed by atoms with E-state index in [0.717, 1.165) is 37.6 Å². The molecule has 2 aromatic rings. The van der Waals surface area contributed by atoms with Gasteiger partial charge in [0.2, 0.25) is 0 Å². The molecular formula is C19H27ClN2O2. The van der Waals surface area contributed by atoms with Crippen molar-refractivity contribution in [1.29, 1.82) is 0 Å². The molecule has 1 aromatic heterocycles. The summed E-state index contributed by atoms with van der Waals surface area (Å²) in [6, 6.07) is 9.35. The lowest BCUT2D eigenvalue weighted by atomic mass is 9.94. The minimum atomic E-state index is 0. The highest BCUT2D eigenvalue weighted by Crippen LogP contribution is 2.30. The summed E-state index contributed by atoms with van der Waals surface area (Å²) in [6.07, 6.45) is 3.85. The first kappa shape index (κ1) is 17.7. The normalized spacial score (nSPS) is 27.3. The zero-order chi connectivity index (χ0) is 15.6. The highest BCUT2D eigenvalue weighted by Gasteiger charge is 2.34. The van der Waals surface area contributed by atoms with Crippen molar-refractivity contribution >= 4 is 23.4 Å². The molecule has 2 heterocycles. The van der Waals surface area contributed by atoms with Crippen LogP contribution in [-0.4, -0.2) is 31.8 Å². The average Bonchev–Trinajstić information content (AvgIpc) is 3.19. The Morgan fingerprint density at radius 1 is 1.25 bits per heavy atom. The molecule has 0 radical (unpaired) electrons. The molecule has 3 unspecified atom stereocenters. The van der Waals surface area contributed by atoms with Gasteiger partial charge in [-0.3, -0.25) is 0 Å². The summed E-state index contributed by atoms with van der Waals surface area (Å²) >= 11 is 0. The molecule has 2 aliphatic rings. The van der Waals surface area contributed by atoms with Crippen molar-refractivity contribution in [1.82, 2.24) is 10.6 Å². The van der Waals surface area contributed by atoms with Crippen LogP contribution < -0.4 is 10.6 Å². The predicted octanol–water partition coefficient (Wildman–Crippen LogP) is 3.41. The maximum atomic E-state index is 6.04. The van der Waals surface area contributed by atoms with E-state index in [-0.39, 0.29) is 12.4 Å². The smallest absolute Gasteiger partial charge is 0.134 e. The highest BCUT2D eigenvalue weighted by atomic mass is 35.5. The summed E-state index contributed by atoms with van der Waals surface area (Å²) in [4.78, 5) is 0. The Labute approximate surface area is 149 Å². The summed E-state index contributed by atoms with van der Waals surface area (Å²) < 4.78 is 11.7. The third-order valence-electron chi connectivity index (χ3n) is 5.50. The van der Waals surface area contributed by atoms with Gasteiger partial charge in [0.15, 0.2) is 0 Å². The molecule has 0 bridgehead atoms. The number of ether oxygens (including phenoxy) is 1. The van der Waals surface area contributed by atoms with Crippen molar-refractivity contribution in [3.05, 3.63) is 35.6 Å².